The van der Waals surface area contributed by atoms with Crippen LogP contribution in [-0.4, -0.2) is 48.0 Å². The van der Waals surface area contributed by atoms with Crippen molar-refractivity contribution in [3.05, 3.63) is 24.3 Å². The summed E-state index contributed by atoms with van der Waals surface area (Å²) in [5, 5.41) is 10.7. The molecule has 6 heteroatoms. The molecule has 1 atom stereocenters. The number of hydrogen-bond donors (Lipinski definition) is 2. The van der Waals surface area contributed by atoms with Gasteiger partial charge in [0.15, 0.2) is 5.82 Å². The first kappa shape index (κ1) is 12.9. The first-order chi connectivity index (χ1) is 9.76. The molecule has 2 N–H and O–H groups in total. The topological polar surface area (TPSA) is 66.1 Å². The van der Waals surface area contributed by atoms with Gasteiger partial charge in [-0.1, -0.05) is 12.1 Å². The molecule has 6 nitrogen and oxygen atoms in total. The molecule has 0 radical (unpaired) electrons. The second-order valence-electron chi connectivity index (χ2n) is 5.02. The number of aromatic amines is 1. The number of ether oxygens (including phenoxy) is 1. The molecule has 2 heterocycles. The highest BCUT2D eigenvalue weighted by atomic mass is 16.5. The third-order valence-corrected chi connectivity index (χ3v) is 3.47. The third kappa shape index (κ3) is 2.60. The summed E-state index contributed by atoms with van der Waals surface area (Å²) in [7, 11) is 1.66. The maximum Gasteiger partial charge on any atom is 0.245 e. The predicted octanol–water partition coefficient (Wildman–Crippen LogP) is 1.28. The van der Waals surface area contributed by atoms with E-state index in [1.54, 1.807) is 7.11 Å². The largest absolute Gasteiger partial charge is 0.497 e. The van der Waals surface area contributed by atoms with Gasteiger partial charge in [-0.15, -0.1) is 5.10 Å². The fourth-order valence-electron chi connectivity index (χ4n) is 2.41. The van der Waals surface area contributed by atoms with Gasteiger partial charge < -0.3 is 15.0 Å². The average molecular weight is 273 g/mol. The molecule has 20 heavy (non-hydrogen) atoms. The lowest BCUT2D eigenvalue weighted by atomic mass is 10.2. The van der Waals surface area contributed by atoms with E-state index in [9.17, 15) is 0 Å². The molecule has 106 valence electrons. The number of nitrogens with one attached hydrogen (secondary N) is 2. The van der Waals surface area contributed by atoms with Crippen molar-refractivity contribution in [1.29, 1.82) is 0 Å². The number of rotatable bonds is 3. The van der Waals surface area contributed by atoms with E-state index in [0.717, 1.165) is 42.7 Å². The van der Waals surface area contributed by atoms with E-state index in [1.165, 1.54) is 0 Å². The van der Waals surface area contributed by atoms with Crippen LogP contribution in [0.15, 0.2) is 24.3 Å². The van der Waals surface area contributed by atoms with Crippen LogP contribution in [0.3, 0.4) is 0 Å². The molecule has 0 saturated carbocycles. The van der Waals surface area contributed by atoms with E-state index in [0.29, 0.717) is 6.04 Å². The van der Waals surface area contributed by atoms with Crippen LogP contribution in [0.5, 0.6) is 5.75 Å². The maximum atomic E-state index is 5.23. The summed E-state index contributed by atoms with van der Waals surface area (Å²) in [6.07, 6.45) is 0. The number of benzene rings is 1. The van der Waals surface area contributed by atoms with Gasteiger partial charge in [-0.05, 0) is 19.1 Å². The Morgan fingerprint density at radius 1 is 1.40 bits per heavy atom. The molecule has 2 aromatic rings. The molecule has 0 unspecified atom stereocenters. The van der Waals surface area contributed by atoms with Crippen molar-refractivity contribution in [2.75, 3.05) is 31.6 Å². The summed E-state index contributed by atoms with van der Waals surface area (Å²) in [6, 6.07) is 8.27. The summed E-state index contributed by atoms with van der Waals surface area (Å²) < 4.78 is 5.23. The van der Waals surface area contributed by atoms with Crippen molar-refractivity contribution in [2.24, 2.45) is 0 Å². The van der Waals surface area contributed by atoms with Crippen molar-refractivity contribution < 1.29 is 4.74 Å². The van der Waals surface area contributed by atoms with Gasteiger partial charge in [0.25, 0.3) is 0 Å². The zero-order valence-electron chi connectivity index (χ0n) is 11.8. The standard InChI is InChI=1S/C14H19N5O/c1-10-9-19(7-6-15-10)14-16-13(17-18-14)11-4-3-5-12(8-11)20-2/h3-5,8,10,15H,6-7,9H2,1-2H3,(H,16,17,18)/t10-/m0/s1. The Hall–Kier alpha value is -2.08. The minimum atomic E-state index is 0.461. The number of aromatic nitrogens is 3. The van der Waals surface area contributed by atoms with Crippen molar-refractivity contribution in [1.82, 2.24) is 20.5 Å². The van der Waals surface area contributed by atoms with Gasteiger partial charge in [0.1, 0.15) is 5.75 Å². The van der Waals surface area contributed by atoms with Crippen molar-refractivity contribution in [3.63, 3.8) is 0 Å². The normalized spacial score (nSPS) is 19.1. The second kappa shape index (κ2) is 5.50. The fourth-order valence-corrected chi connectivity index (χ4v) is 2.41. The number of H-pyrrole nitrogens is 1. The highest BCUT2D eigenvalue weighted by molar-refractivity contribution is 5.58. The Balaban J connectivity index is 1.82. The van der Waals surface area contributed by atoms with E-state index in [2.05, 4.69) is 32.3 Å². The van der Waals surface area contributed by atoms with E-state index < -0.39 is 0 Å². The smallest absolute Gasteiger partial charge is 0.245 e. The monoisotopic (exact) mass is 273 g/mol. The molecule has 1 aromatic heterocycles. The summed E-state index contributed by atoms with van der Waals surface area (Å²) in [5.74, 6) is 2.34. The number of hydrogen-bond acceptors (Lipinski definition) is 5. The van der Waals surface area contributed by atoms with Crippen LogP contribution >= 0.6 is 0 Å². The van der Waals surface area contributed by atoms with Crippen molar-refractivity contribution in [2.45, 2.75) is 13.0 Å². The Morgan fingerprint density at radius 2 is 2.30 bits per heavy atom. The molecule has 1 aliphatic rings. The number of nitrogens with zero attached hydrogens (tertiary/aromatic N) is 3. The zero-order valence-corrected chi connectivity index (χ0v) is 11.8. The predicted molar refractivity (Wildman–Crippen MR) is 78.0 cm³/mol. The van der Waals surface area contributed by atoms with Gasteiger partial charge in [-0.2, -0.15) is 4.98 Å². The summed E-state index contributed by atoms with van der Waals surface area (Å²) in [6.45, 7) is 4.99. The molecule has 1 aromatic carbocycles. The quantitative estimate of drug-likeness (QED) is 0.882. The number of methoxy groups -OCH3 is 1. The second-order valence-corrected chi connectivity index (χ2v) is 5.02. The van der Waals surface area contributed by atoms with E-state index in [1.807, 2.05) is 24.3 Å². The number of piperazine rings is 1. The van der Waals surface area contributed by atoms with Crippen LogP contribution in [0.25, 0.3) is 11.4 Å². The minimum absolute atomic E-state index is 0.461. The van der Waals surface area contributed by atoms with E-state index >= 15 is 0 Å². The van der Waals surface area contributed by atoms with Gasteiger partial charge in [0.05, 0.1) is 7.11 Å². The first-order valence-electron chi connectivity index (χ1n) is 6.81. The van der Waals surface area contributed by atoms with Gasteiger partial charge >= 0.3 is 0 Å². The highest BCUT2D eigenvalue weighted by Gasteiger charge is 2.19. The molecule has 0 bridgehead atoms. The Bertz CT molecular complexity index is 582. The molecule has 0 aliphatic carbocycles. The average Bonchev–Trinajstić information content (AvgIpc) is 2.97. The molecule has 1 aliphatic heterocycles. The molecule has 1 fully saturated rings. The van der Waals surface area contributed by atoms with Crippen LogP contribution in [0.1, 0.15) is 6.92 Å². The summed E-state index contributed by atoms with van der Waals surface area (Å²) >= 11 is 0. The Morgan fingerprint density at radius 3 is 3.10 bits per heavy atom. The summed E-state index contributed by atoms with van der Waals surface area (Å²) in [5.41, 5.74) is 0.978. The fraction of sp³-hybridized carbons (Fsp3) is 0.429. The molecule has 3 rings (SSSR count). The summed E-state index contributed by atoms with van der Waals surface area (Å²) in [4.78, 5) is 6.79. The molecule has 0 amide bonds. The van der Waals surface area contributed by atoms with Gasteiger partial charge in [0, 0.05) is 31.2 Å². The molecular formula is C14H19N5O. The van der Waals surface area contributed by atoms with Crippen molar-refractivity contribution in [3.8, 4) is 17.1 Å². The third-order valence-electron chi connectivity index (χ3n) is 3.47. The highest BCUT2D eigenvalue weighted by Crippen LogP contribution is 2.22. The molecule has 0 spiro atoms. The Kier molecular flexibility index (Phi) is 3.56. The van der Waals surface area contributed by atoms with E-state index in [4.69, 9.17) is 4.74 Å². The van der Waals surface area contributed by atoms with Gasteiger partial charge in [0.2, 0.25) is 5.95 Å². The zero-order chi connectivity index (χ0) is 13.9. The SMILES string of the molecule is COc1cccc(-c2nc(N3CCN[C@@H](C)C3)n[nH]2)c1. The number of anilines is 1. The van der Waals surface area contributed by atoms with Crippen LogP contribution < -0.4 is 15.0 Å². The van der Waals surface area contributed by atoms with Crippen LogP contribution in [-0.2, 0) is 0 Å². The minimum Gasteiger partial charge on any atom is -0.497 e. The van der Waals surface area contributed by atoms with Crippen LogP contribution in [0.2, 0.25) is 0 Å². The first-order valence-corrected chi connectivity index (χ1v) is 6.81. The van der Waals surface area contributed by atoms with Crippen molar-refractivity contribution >= 4 is 5.95 Å². The van der Waals surface area contributed by atoms with Crippen LogP contribution in [0, 0.1) is 0 Å². The lowest BCUT2D eigenvalue weighted by molar-refractivity contribution is 0.415. The lowest BCUT2D eigenvalue weighted by Gasteiger charge is -2.30. The molecular weight excluding hydrogens is 254 g/mol. The van der Waals surface area contributed by atoms with Crippen LogP contribution in [0.4, 0.5) is 5.95 Å². The maximum absolute atomic E-state index is 5.23. The lowest BCUT2D eigenvalue weighted by Crippen LogP contribution is -2.49. The van der Waals surface area contributed by atoms with Gasteiger partial charge in [-0.25, -0.2) is 0 Å². The van der Waals surface area contributed by atoms with Gasteiger partial charge in [-0.3, -0.25) is 5.10 Å². The molecule has 1 saturated heterocycles. The van der Waals surface area contributed by atoms with E-state index in [-0.39, 0.29) is 0 Å². The Labute approximate surface area is 118 Å².